The Balaban J connectivity index is 2.27. The zero-order valence-corrected chi connectivity index (χ0v) is 23.3. The summed E-state index contributed by atoms with van der Waals surface area (Å²) in [7, 11) is -11.2. The summed E-state index contributed by atoms with van der Waals surface area (Å²) in [5.74, 6) is -0.354. The number of aromatic nitrogens is 1. The molecule has 1 atom stereocenters. The van der Waals surface area contributed by atoms with Gasteiger partial charge in [0.05, 0.1) is 52.9 Å². The first-order valence-electron chi connectivity index (χ1n) is 12.1. The summed E-state index contributed by atoms with van der Waals surface area (Å²) in [5, 5.41) is 19.3. The van der Waals surface area contributed by atoms with Gasteiger partial charge in [-0.2, -0.15) is 0 Å². The van der Waals surface area contributed by atoms with E-state index in [1.807, 2.05) is 0 Å². The van der Waals surface area contributed by atoms with E-state index in [0.29, 0.717) is 52.8 Å². The molecule has 0 radical (unpaired) electrons. The maximum Gasteiger partial charge on any atom is 0.369 e. The molecule has 1 unspecified atom stereocenters. The molecule has 18 heteroatoms. The number of rotatable bonds is 22. The van der Waals surface area contributed by atoms with Crippen molar-refractivity contribution in [1.29, 1.82) is 0 Å². The molecule has 0 aliphatic heterocycles. The Hall–Kier alpha value is -1.36. The van der Waals surface area contributed by atoms with Crippen molar-refractivity contribution >= 4 is 21.1 Å². The van der Waals surface area contributed by atoms with Gasteiger partial charge in [-0.3, -0.25) is 13.9 Å². The molecule has 0 fully saturated rings. The molecule has 1 rings (SSSR count). The van der Waals surface area contributed by atoms with Crippen molar-refractivity contribution in [2.24, 2.45) is 5.73 Å². The zero-order valence-electron chi connectivity index (χ0n) is 21.5. The van der Waals surface area contributed by atoms with E-state index in [2.05, 4.69) is 5.32 Å². The lowest BCUT2D eigenvalue weighted by molar-refractivity contribution is -0.703. The lowest BCUT2D eigenvalue weighted by atomic mass is 10.2. The number of aliphatic hydroxyl groups excluding tert-OH is 1. The predicted octanol–water partition coefficient (Wildman–Crippen LogP) is -2.59. The van der Waals surface area contributed by atoms with Crippen molar-refractivity contribution in [1.82, 2.24) is 5.32 Å². The second-order valence-corrected chi connectivity index (χ2v) is 12.4. The van der Waals surface area contributed by atoms with Crippen molar-refractivity contribution in [2.45, 2.75) is 30.6 Å². The van der Waals surface area contributed by atoms with Gasteiger partial charge in [0.2, 0.25) is 5.91 Å². The van der Waals surface area contributed by atoms with Gasteiger partial charge in [-0.25, -0.2) is 4.57 Å². The molecule has 9 N–H and O–H groups in total. The quantitative estimate of drug-likeness (QED) is 0.0384. The van der Waals surface area contributed by atoms with E-state index in [1.165, 1.54) is 29.1 Å². The Morgan fingerprint density at radius 2 is 1.46 bits per heavy atom. The van der Waals surface area contributed by atoms with Crippen LogP contribution in [-0.2, 0) is 45.8 Å². The minimum absolute atomic E-state index is 0.00413. The van der Waals surface area contributed by atoms with Crippen molar-refractivity contribution in [3.8, 4) is 0 Å². The van der Waals surface area contributed by atoms with Crippen molar-refractivity contribution in [3.63, 3.8) is 0 Å². The van der Waals surface area contributed by atoms with Gasteiger partial charge in [0.1, 0.15) is 6.10 Å². The second-order valence-electron chi connectivity index (χ2n) is 8.39. The van der Waals surface area contributed by atoms with Crippen LogP contribution in [0.15, 0.2) is 24.5 Å². The highest BCUT2D eigenvalue weighted by Gasteiger charge is 2.59. The van der Waals surface area contributed by atoms with Gasteiger partial charge in [0, 0.05) is 37.6 Å². The summed E-state index contributed by atoms with van der Waals surface area (Å²) >= 11 is 0. The molecule has 0 saturated carbocycles. The molecule has 0 spiro atoms. The lowest BCUT2D eigenvalue weighted by Crippen LogP contribution is -2.45. The molecule has 0 aromatic carbocycles. The fourth-order valence-electron chi connectivity index (χ4n) is 3.08. The van der Waals surface area contributed by atoms with Gasteiger partial charge < -0.3 is 59.8 Å². The van der Waals surface area contributed by atoms with E-state index in [9.17, 15) is 43.7 Å². The van der Waals surface area contributed by atoms with E-state index in [-0.39, 0.29) is 37.6 Å². The summed E-state index contributed by atoms with van der Waals surface area (Å²) in [6.45, 7) is 3.32. The molecule has 0 saturated heterocycles. The molecular formula is C21H40N3O13P2+. The van der Waals surface area contributed by atoms with E-state index in [0.717, 1.165) is 0 Å². The highest BCUT2D eigenvalue weighted by molar-refractivity contribution is 7.72. The normalized spacial score (nSPS) is 13.4. The summed E-state index contributed by atoms with van der Waals surface area (Å²) < 4.78 is 45.6. The number of carbonyl (C=O) groups is 1. The number of carbonyl (C=O) groups excluding carboxylic acids is 1. The fourth-order valence-corrected chi connectivity index (χ4v) is 5.22. The first-order chi connectivity index (χ1) is 18.3. The van der Waals surface area contributed by atoms with Crippen molar-refractivity contribution in [2.75, 3.05) is 65.9 Å². The fraction of sp³-hybridized carbons (Fsp3) is 0.714. The van der Waals surface area contributed by atoms with E-state index < -0.39 is 32.8 Å². The summed E-state index contributed by atoms with van der Waals surface area (Å²) in [6.07, 6.45) is 0.730. The van der Waals surface area contributed by atoms with Crippen LogP contribution in [0.25, 0.3) is 0 Å². The monoisotopic (exact) mass is 604 g/mol. The highest BCUT2D eigenvalue weighted by atomic mass is 31.2. The van der Waals surface area contributed by atoms with Crippen LogP contribution in [-0.4, -0.2) is 113 Å². The Bertz CT molecular complexity index is 921. The third-order valence-corrected chi connectivity index (χ3v) is 8.85. The first kappa shape index (κ1) is 35.7. The Morgan fingerprint density at radius 1 is 0.949 bits per heavy atom. The van der Waals surface area contributed by atoms with Gasteiger partial charge in [-0.05, 0) is 6.07 Å². The number of hydrogen-bond donors (Lipinski definition) is 8. The third-order valence-electron chi connectivity index (χ3n) is 5.10. The number of ether oxygens (including phenoxy) is 4. The van der Waals surface area contributed by atoms with Gasteiger partial charge in [-0.15, -0.1) is 0 Å². The zero-order chi connectivity index (χ0) is 29.4. The van der Waals surface area contributed by atoms with Crippen LogP contribution in [0, 0.1) is 0 Å². The SMILES string of the molecule is NCCOCCOCCOCCOCCC(=O)NCC(O)C[n+]1cccc(CC(O)(P(=O)(O)O)P(=O)(O)O)c1. The van der Waals surface area contributed by atoms with E-state index in [1.54, 1.807) is 0 Å². The number of aliphatic hydroxyl groups is 2. The highest BCUT2D eigenvalue weighted by Crippen LogP contribution is 2.68. The van der Waals surface area contributed by atoms with Gasteiger partial charge in [-0.1, -0.05) is 0 Å². The molecular weight excluding hydrogens is 564 g/mol. The van der Waals surface area contributed by atoms with Gasteiger partial charge in [0.25, 0.3) is 5.08 Å². The maximum atomic E-state index is 12.0. The smallest absolute Gasteiger partial charge is 0.369 e. The average molecular weight is 605 g/mol. The Morgan fingerprint density at radius 3 is 1.97 bits per heavy atom. The standard InChI is InChI=1S/C21H39N3O13P2/c22-4-7-35-9-11-37-13-12-36-10-8-34-6-3-20(26)23-15-19(25)17-24-5-1-2-18(16-24)14-21(27,38(28,29)30)39(31,32)33/h1-2,5,16,19,25,27H,3-4,6-15,17,22H2,(H4-,23,26,28,29,30,31,32,33)/p+1. The molecule has 0 aliphatic rings. The number of pyridine rings is 1. The Kier molecular flexibility index (Phi) is 16.6. The molecule has 0 bridgehead atoms. The van der Waals surface area contributed by atoms with Gasteiger partial charge in [0.15, 0.2) is 18.9 Å². The topological polar surface area (TPSA) is 251 Å². The predicted molar refractivity (Wildman–Crippen MR) is 135 cm³/mol. The van der Waals surface area contributed by atoms with Crippen molar-refractivity contribution in [3.05, 3.63) is 30.1 Å². The molecule has 0 aliphatic carbocycles. The summed E-state index contributed by atoms with van der Waals surface area (Å²) in [4.78, 5) is 49.1. The lowest BCUT2D eigenvalue weighted by Gasteiger charge is -2.28. The van der Waals surface area contributed by atoms with Crippen LogP contribution < -0.4 is 15.6 Å². The van der Waals surface area contributed by atoms with Crippen LogP contribution in [0.5, 0.6) is 0 Å². The minimum Gasteiger partial charge on any atom is -0.385 e. The van der Waals surface area contributed by atoms with Gasteiger partial charge >= 0.3 is 15.2 Å². The Labute approximate surface area is 226 Å². The largest absolute Gasteiger partial charge is 0.385 e. The molecule has 1 amide bonds. The summed E-state index contributed by atoms with van der Waals surface area (Å²) in [6, 6.07) is 2.72. The second kappa shape index (κ2) is 18.1. The third kappa shape index (κ3) is 14.2. The number of amides is 1. The molecule has 226 valence electrons. The maximum absolute atomic E-state index is 12.0. The number of nitrogens with one attached hydrogen (secondary N) is 1. The van der Waals surface area contributed by atoms with Crippen LogP contribution in [0.3, 0.4) is 0 Å². The first-order valence-corrected chi connectivity index (χ1v) is 15.3. The van der Waals surface area contributed by atoms with Crippen molar-refractivity contribution < 1.29 is 67.2 Å². The number of nitrogens with two attached hydrogens (primary N) is 1. The number of nitrogens with zero attached hydrogens (tertiary/aromatic N) is 1. The molecule has 39 heavy (non-hydrogen) atoms. The van der Waals surface area contributed by atoms with Crippen LogP contribution in [0.4, 0.5) is 0 Å². The molecule has 1 heterocycles. The van der Waals surface area contributed by atoms with Crippen LogP contribution in [0.2, 0.25) is 0 Å². The average Bonchev–Trinajstić information content (AvgIpc) is 2.84. The van der Waals surface area contributed by atoms with Crippen LogP contribution in [0.1, 0.15) is 12.0 Å². The summed E-state index contributed by atoms with van der Waals surface area (Å²) in [5.41, 5.74) is 5.30. The molecule has 16 nitrogen and oxygen atoms in total. The number of hydrogen-bond acceptors (Lipinski definition) is 10. The molecule has 1 aromatic rings. The van der Waals surface area contributed by atoms with Crippen LogP contribution >= 0.6 is 15.2 Å². The van der Waals surface area contributed by atoms with E-state index >= 15 is 0 Å². The molecule has 1 aromatic heterocycles. The minimum atomic E-state index is -5.61. The van der Waals surface area contributed by atoms with E-state index in [4.69, 9.17) is 24.7 Å².